The molecule has 168 valence electrons. The van der Waals surface area contributed by atoms with Crippen LogP contribution < -0.4 is 5.32 Å². The van der Waals surface area contributed by atoms with E-state index in [2.05, 4.69) is 5.32 Å². The molecule has 1 fully saturated rings. The van der Waals surface area contributed by atoms with Crippen molar-refractivity contribution in [1.29, 1.82) is 0 Å². The van der Waals surface area contributed by atoms with Gasteiger partial charge in [-0.1, -0.05) is 48.0 Å². The molecule has 0 aromatic heterocycles. The van der Waals surface area contributed by atoms with Gasteiger partial charge >= 0.3 is 0 Å². The van der Waals surface area contributed by atoms with E-state index in [-0.39, 0.29) is 17.6 Å². The van der Waals surface area contributed by atoms with Gasteiger partial charge in [-0.05, 0) is 48.6 Å². The lowest BCUT2D eigenvalue weighted by Crippen LogP contribution is -2.43. The number of carbonyl (C=O) groups excluding carboxylic acids is 1. The Morgan fingerprint density at radius 2 is 1.81 bits per heavy atom. The number of carbonyl (C=O) groups is 1. The highest BCUT2D eigenvalue weighted by Gasteiger charge is 2.31. The number of nitrogens with one attached hydrogen (secondary N) is 1. The lowest BCUT2D eigenvalue weighted by molar-refractivity contribution is -0.125. The van der Waals surface area contributed by atoms with Crippen LogP contribution in [0.15, 0.2) is 48.5 Å². The van der Waals surface area contributed by atoms with Crippen molar-refractivity contribution in [2.45, 2.75) is 31.3 Å². The Bertz CT molecular complexity index is 973. The monoisotopic (exact) mass is 480 g/mol. The minimum Gasteiger partial charge on any atom is -0.355 e. The van der Waals surface area contributed by atoms with Crippen LogP contribution in [0, 0.1) is 12.8 Å². The van der Waals surface area contributed by atoms with Crippen molar-refractivity contribution in [3.05, 3.63) is 70.2 Å². The Morgan fingerprint density at radius 3 is 2.48 bits per heavy atom. The first-order chi connectivity index (χ1) is 14.8. The first-order valence-corrected chi connectivity index (χ1v) is 13.6. The van der Waals surface area contributed by atoms with Crippen LogP contribution in [-0.4, -0.2) is 44.0 Å². The Kier molecular flexibility index (Phi) is 8.84. The molecule has 1 aliphatic heterocycles. The van der Waals surface area contributed by atoms with Gasteiger partial charge in [-0.15, -0.1) is 0 Å². The van der Waals surface area contributed by atoms with Crippen LogP contribution >= 0.6 is 23.4 Å². The summed E-state index contributed by atoms with van der Waals surface area (Å²) in [6, 6.07) is 15.3. The fourth-order valence-corrected chi connectivity index (χ4v) is 6.23. The van der Waals surface area contributed by atoms with Crippen LogP contribution in [0.2, 0.25) is 5.02 Å². The molecule has 3 rings (SSSR count). The summed E-state index contributed by atoms with van der Waals surface area (Å²) in [6.07, 6.45) is 1.13. The second kappa shape index (κ2) is 11.4. The largest absolute Gasteiger partial charge is 0.355 e. The smallest absolute Gasteiger partial charge is 0.223 e. The van der Waals surface area contributed by atoms with Gasteiger partial charge in [0.1, 0.15) is 0 Å². The normalized spacial score (nSPS) is 15.7. The predicted molar refractivity (Wildman–Crippen MR) is 129 cm³/mol. The van der Waals surface area contributed by atoms with E-state index in [4.69, 9.17) is 11.6 Å². The number of nitrogens with zero attached hydrogens (tertiary/aromatic N) is 1. The molecule has 2 aromatic rings. The highest BCUT2D eigenvalue weighted by atomic mass is 35.5. The molecular weight excluding hydrogens is 452 g/mol. The molecule has 1 saturated heterocycles. The van der Waals surface area contributed by atoms with Gasteiger partial charge in [0.25, 0.3) is 0 Å². The third-order valence-corrected chi connectivity index (χ3v) is 8.65. The summed E-state index contributed by atoms with van der Waals surface area (Å²) in [6.45, 7) is 3.34. The van der Waals surface area contributed by atoms with E-state index in [1.54, 1.807) is 11.8 Å². The standard InChI is InChI=1S/C23H29ClN2O3S2/c1-18-4-2-3-5-21(18)17-31(28,29)26-13-10-20(11-14-26)23(27)25-12-15-30-16-19-6-8-22(24)9-7-19/h2-9,20H,10-17H2,1H3,(H,25,27). The first kappa shape index (κ1) is 24.1. The van der Waals surface area contributed by atoms with Crippen LogP contribution in [0.1, 0.15) is 29.5 Å². The molecule has 0 unspecified atom stereocenters. The van der Waals surface area contributed by atoms with Crippen molar-refractivity contribution in [1.82, 2.24) is 9.62 Å². The summed E-state index contributed by atoms with van der Waals surface area (Å²) >= 11 is 7.65. The van der Waals surface area contributed by atoms with Gasteiger partial charge in [-0.3, -0.25) is 4.79 Å². The summed E-state index contributed by atoms with van der Waals surface area (Å²) in [4.78, 5) is 12.5. The number of hydrogen-bond acceptors (Lipinski definition) is 4. The van der Waals surface area contributed by atoms with Gasteiger partial charge in [-0.2, -0.15) is 11.8 Å². The topological polar surface area (TPSA) is 66.5 Å². The van der Waals surface area contributed by atoms with E-state index in [0.717, 1.165) is 27.7 Å². The van der Waals surface area contributed by atoms with E-state index in [9.17, 15) is 13.2 Å². The Labute approximate surface area is 194 Å². The number of amides is 1. The summed E-state index contributed by atoms with van der Waals surface area (Å²) in [7, 11) is -3.37. The molecule has 2 aromatic carbocycles. The third kappa shape index (κ3) is 7.24. The average molecular weight is 481 g/mol. The molecule has 31 heavy (non-hydrogen) atoms. The van der Waals surface area contributed by atoms with E-state index in [1.807, 2.05) is 55.5 Å². The molecule has 0 bridgehead atoms. The molecule has 0 spiro atoms. The SMILES string of the molecule is Cc1ccccc1CS(=O)(=O)N1CCC(C(=O)NCCSCc2ccc(Cl)cc2)CC1. The fraction of sp³-hybridized carbons (Fsp3) is 0.435. The fourth-order valence-electron chi connectivity index (χ4n) is 3.62. The lowest BCUT2D eigenvalue weighted by Gasteiger charge is -2.30. The Morgan fingerprint density at radius 1 is 1.13 bits per heavy atom. The lowest BCUT2D eigenvalue weighted by atomic mass is 9.97. The van der Waals surface area contributed by atoms with Crippen LogP contribution in [0.4, 0.5) is 0 Å². The molecule has 0 atom stereocenters. The zero-order chi connectivity index (χ0) is 22.3. The number of piperidine rings is 1. The zero-order valence-corrected chi connectivity index (χ0v) is 20.1. The van der Waals surface area contributed by atoms with Crippen molar-refractivity contribution in [2.75, 3.05) is 25.4 Å². The molecule has 5 nitrogen and oxygen atoms in total. The molecule has 1 N–H and O–H groups in total. The zero-order valence-electron chi connectivity index (χ0n) is 17.7. The molecule has 0 saturated carbocycles. The first-order valence-electron chi connectivity index (χ1n) is 10.5. The maximum absolute atomic E-state index is 12.8. The summed E-state index contributed by atoms with van der Waals surface area (Å²) in [5.41, 5.74) is 3.02. The van der Waals surface area contributed by atoms with Gasteiger partial charge in [-0.25, -0.2) is 12.7 Å². The van der Waals surface area contributed by atoms with Crippen molar-refractivity contribution < 1.29 is 13.2 Å². The number of sulfonamides is 1. The maximum atomic E-state index is 12.8. The Balaban J connectivity index is 1.37. The number of halogens is 1. The van der Waals surface area contributed by atoms with Gasteiger partial charge < -0.3 is 5.32 Å². The second-order valence-corrected chi connectivity index (χ2v) is 11.3. The average Bonchev–Trinajstić information content (AvgIpc) is 2.76. The number of hydrogen-bond donors (Lipinski definition) is 1. The summed E-state index contributed by atoms with van der Waals surface area (Å²) < 4.78 is 27.1. The summed E-state index contributed by atoms with van der Waals surface area (Å²) in [5, 5.41) is 3.73. The van der Waals surface area contributed by atoms with Crippen molar-refractivity contribution in [3.8, 4) is 0 Å². The molecule has 1 amide bonds. The highest BCUT2D eigenvalue weighted by molar-refractivity contribution is 7.98. The van der Waals surface area contributed by atoms with Crippen LogP contribution in [-0.2, 0) is 26.3 Å². The molecule has 1 heterocycles. The third-order valence-electron chi connectivity index (χ3n) is 5.54. The van der Waals surface area contributed by atoms with Gasteiger partial charge in [0.15, 0.2) is 0 Å². The minimum absolute atomic E-state index is 0.0153. The highest BCUT2D eigenvalue weighted by Crippen LogP contribution is 2.23. The second-order valence-electron chi connectivity index (χ2n) is 7.83. The van der Waals surface area contributed by atoms with Crippen LogP contribution in [0.5, 0.6) is 0 Å². The van der Waals surface area contributed by atoms with Crippen molar-refractivity contribution in [3.63, 3.8) is 0 Å². The quantitative estimate of drug-likeness (QED) is 0.545. The molecule has 1 aliphatic rings. The van der Waals surface area contributed by atoms with Crippen molar-refractivity contribution in [2.24, 2.45) is 5.92 Å². The van der Waals surface area contributed by atoms with E-state index < -0.39 is 10.0 Å². The van der Waals surface area contributed by atoms with E-state index >= 15 is 0 Å². The number of rotatable bonds is 9. The van der Waals surface area contributed by atoms with Crippen LogP contribution in [0.25, 0.3) is 0 Å². The van der Waals surface area contributed by atoms with Gasteiger partial charge in [0.05, 0.1) is 5.75 Å². The van der Waals surface area contributed by atoms with Crippen LogP contribution in [0.3, 0.4) is 0 Å². The van der Waals surface area contributed by atoms with Crippen molar-refractivity contribution >= 4 is 39.3 Å². The molecule has 0 radical (unpaired) electrons. The molecule has 8 heteroatoms. The molecular formula is C23H29ClN2O3S2. The van der Waals surface area contributed by atoms with E-state index in [0.29, 0.717) is 32.5 Å². The van der Waals surface area contributed by atoms with E-state index in [1.165, 1.54) is 9.87 Å². The Hall–Kier alpha value is -1.54. The number of thioether (sulfide) groups is 1. The summed E-state index contributed by atoms with van der Waals surface area (Å²) in [5.74, 6) is 1.64. The molecule has 0 aliphatic carbocycles. The number of aryl methyl sites for hydroxylation is 1. The minimum atomic E-state index is -3.37. The van der Waals surface area contributed by atoms with Gasteiger partial charge in [0, 0.05) is 42.1 Å². The van der Waals surface area contributed by atoms with Gasteiger partial charge in [0.2, 0.25) is 15.9 Å². The maximum Gasteiger partial charge on any atom is 0.223 e. The number of benzene rings is 2. The predicted octanol–water partition coefficient (Wildman–Crippen LogP) is 4.24.